The minimum Gasteiger partial charge on any atom is -0.493 e. The van der Waals surface area contributed by atoms with E-state index in [9.17, 15) is 13.6 Å². The molecule has 0 aliphatic heterocycles. The van der Waals surface area contributed by atoms with Gasteiger partial charge in [-0.1, -0.05) is 35.9 Å². The number of hydrogen-bond donors (Lipinski definition) is 1. The first-order valence-electron chi connectivity index (χ1n) is 9.04. The fraction of sp³-hybridized carbons (Fsp3) is 0.238. The fourth-order valence-corrected chi connectivity index (χ4v) is 3.92. The van der Waals surface area contributed by atoms with E-state index in [0.717, 1.165) is 16.1 Å². The van der Waals surface area contributed by atoms with Crippen molar-refractivity contribution in [2.75, 3.05) is 13.7 Å². The molecular weight excluding hydrogens is 434 g/mol. The lowest BCUT2D eigenvalue weighted by atomic mass is 10.1. The molecule has 1 N–H and O–H groups in total. The van der Waals surface area contributed by atoms with Gasteiger partial charge in [0.25, 0.3) is 0 Å². The molecule has 3 rings (SSSR count). The Balaban J connectivity index is 1.53. The molecule has 5 nitrogen and oxygen atoms in total. The van der Waals surface area contributed by atoms with Crippen molar-refractivity contribution in [2.45, 2.75) is 19.5 Å². The summed E-state index contributed by atoms with van der Waals surface area (Å²) in [5.41, 5.74) is 2.23. The fourth-order valence-electron chi connectivity index (χ4n) is 2.78. The molecule has 2 aromatic carbocycles. The van der Waals surface area contributed by atoms with Gasteiger partial charge in [0, 0.05) is 17.5 Å². The third-order valence-corrected chi connectivity index (χ3v) is 5.43. The van der Waals surface area contributed by atoms with E-state index in [4.69, 9.17) is 16.3 Å². The first kappa shape index (κ1) is 22.0. The first-order chi connectivity index (χ1) is 14.5. The number of aromatic nitrogens is 1. The summed E-state index contributed by atoms with van der Waals surface area (Å²) in [5, 5.41) is 6.00. The Morgan fingerprint density at radius 2 is 2.03 bits per heavy atom. The highest BCUT2D eigenvalue weighted by molar-refractivity contribution is 7.13. The lowest BCUT2D eigenvalue weighted by Crippen LogP contribution is -2.27. The Morgan fingerprint density at radius 1 is 1.23 bits per heavy atom. The van der Waals surface area contributed by atoms with Crippen LogP contribution < -0.4 is 14.8 Å². The van der Waals surface area contributed by atoms with Crippen molar-refractivity contribution in [3.8, 4) is 22.1 Å². The summed E-state index contributed by atoms with van der Waals surface area (Å²) in [5.74, 6) is 0.00965. The lowest BCUT2D eigenvalue weighted by Gasteiger charge is -2.11. The van der Waals surface area contributed by atoms with Crippen LogP contribution in [0.15, 0.2) is 47.8 Å². The van der Waals surface area contributed by atoms with E-state index in [1.807, 2.05) is 23.6 Å². The SMILES string of the molecule is COc1ccc(CCNC(=O)Cc2csc(-c3ccccc3Cl)n2)cc1OC(F)F. The number of ether oxygens (including phenoxy) is 2. The van der Waals surface area contributed by atoms with Gasteiger partial charge in [0.15, 0.2) is 11.5 Å². The second kappa shape index (κ2) is 10.4. The molecule has 1 amide bonds. The Labute approximate surface area is 181 Å². The lowest BCUT2D eigenvalue weighted by molar-refractivity contribution is -0.120. The zero-order valence-corrected chi connectivity index (χ0v) is 17.6. The summed E-state index contributed by atoms with van der Waals surface area (Å²) >= 11 is 7.61. The van der Waals surface area contributed by atoms with Gasteiger partial charge in [-0.2, -0.15) is 8.78 Å². The molecule has 1 heterocycles. The second-order valence-corrected chi connectivity index (χ2v) is 7.53. The number of nitrogens with one attached hydrogen (secondary N) is 1. The molecule has 0 saturated heterocycles. The average molecular weight is 453 g/mol. The molecule has 0 spiro atoms. The largest absolute Gasteiger partial charge is 0.493 e. The van der Waals surface area contributed by atoms with Crippen molar-refractivity contribution in [3.63, 3.8) is 0 Å². The van der Waals surface area contributed by atoms with Gasteiger partial charge in [-0.05, 0) is 30.2 Å². The summed E-state index contributed by atoms with van der Waals surface area (Å²) < 4.78 is 34.5. The number of hydrogen-bond acceptors (Lipinski definition) is 5. The Morgan fingerprint density at radius 3 is 2.77 bits per heavy atom. The maximum absolute atomic E-state index is 12.5. The summed E-state index contributed by atoms with van der Waals surface area (Å²) in [4.78, 5) is 16.7. The van der Waals surface area contributed by atoms with E-state index in [1.54, 1.807) is 18.2 Å². The highest BCUT2D eigenvalue weighted by Gasteiger charge is 2.13. The molecule has 9 heteroatoms. The number of benzene rings is 2. The number of thiazole rings is 1. The summed E-state index contributed by atoms with van der Waals surface area (Å²) in [6.45, 7) is -2.59. The number of halogens is 3. The van der Waals surface area contributed by atoms with Crippen molar-refractivity contribution in [1.29, 1.82) is 0 Å². The molecule has 30 heavy (non-hydrogen) atoms. The van der Waals surface area contributed by atoms with Crippen LogP contribution in [0.3, 0.4) is 0 Å². The smallest absolute Gasteiger partial charge is 0.387 e. The summed E-state index contributed by atoms with van der Waals surface area (Å²) in [6, 6.07) is 12.2. The minimum atomic E-state index is -2.94. The van der Waals surface area contributed by atoms with E-state index >= 15 is 0 Å². The number of nitrogens with zero attached hydrogens (tertiary/aromatic N) is 1. The topological polar surface area (TPSA) is 60.5 Å². The van der Waals surface area contributed by atoms with Crippen LogP contribution in [0.5, 0.6) is 11.5 Å². The van der Waals surface area contributed by atoms with Crippen molar-refractivity contribution >= 4 is 28.8 Å². The van der Waals surface area contributed by atoms with E-state index in [1.165, 1.54) is 24.5 Å². The van der Waals surface area contributed by atoms with Gasteiger partial charge < -0.3 is 14.8 Å². The molecule has 1 aromatic heterocycles. The Hall–Kier alpha value is -2.71. The molecule has 3 aromatic rings. The molecule has 0 fully saturated rings. The van der Waals surface area contributed by atoms with Gasteiger partial charge >= 0.3 is 6.61 Å². The van der Waals surface area contributed by atoms with Gasteiger partial charge in [-0.15, -0.1) is 11.3 Å². The van der Waals surface area contributed by atoms with Gasteiger partial charge in [0.1, 0.15) is 5.01 Å². The monoisotopic (exact) mass is 452 g/mol. The molecular formula is C21H19ClF2N2O3S. The quantitative estimate of drug-likeness (QED) is 0.497. The maximum Gasteiger partial charge on any atom is 0.387 e. The molecule has 0 aliphatic rings. The number of methoxy groups -OCH3 is 1. The van der Waals surface area contributed by atoms with Crippen LogP contribution in [-0.2, 0) is 17.6 Å². The zero-order valence-electron chi connectivity index (χ0n) is 16.0. The van der Waals surface area contributed by atoms with Crippen molar-refractivity contribution in [2.24, 2.45) is 0 Å². The molecule has 0 radical (unpaired) electrons. The van der Waals surface area contributed by atoms with Crippen LogP contribution in [0.2, 0.25) is 5.02 Å². The van der Waals surface area contributed by atoms with Crippen LogP contribution >= 0.6 is 22.9 Å². The molecule has 0 bridgehead atoms. The van der Waals surface area contributed by atoms with Crippen molar-refractivity contribution in [3.05, 3.63) is 64.1 Å². The molecule has 0 unspecified atom stereocenters. The number of alkyl halides is 2. The van der Waals surface area contributed by atoms with Crippen LogP contribution in [0.25, 0.3) is 10.6 Å². The predicted molar refractivity (Wildman–Crippen MR) is 113 cm³/mol. The third-order valence-electron chi connectivity index (χ3n) is 4.18. The molecule has 0 aliphatic carbocycles. The Bertz CT molecular complexity index is 1010. The van der Waals surface area contributed by atoms with E-state index in [-0.39, 0.29) is 23.8 Å². The number of carbonyl (C=O) groups is 1. The van der Waals surface area contributed by atoms with E-state index in [0.29, 0.717) is 23.7 Å². The van der Waals surface area contributed by atoms with E-state index < -0.39 is 6.61 Å². The normalized spacial score (nSPS) is 10.8. The maximum atomic E-state index is 12.5. The standard InChI is InChI=1S/C21H19ClF2N2O3S/c1-28-17-7-6-13(10-18(17)29-21(23)24)8-9-25-19(27)11-14-12-30-20(26-14)15-4-2-3-5-16(15)22/h2-7,10,12,21H,8-9,11H2,1H3,(H,25,27). The zero-order chi connectivity index (χ0) is 21.5. The van der Waals surface area contributed by atoms with Crippen molar-refractivity contribution in [1.82, 2.24) is 10.3 Å². The van der Waals surface area contributed by atoms with Crippen LogP contribution in [0, 0.1) is 0 Å². The van der Waals surface area contributed by atoms with Gasteiger partial charge in [-0.25, -0.2) is 4.98 Å². The first-order valence-corrected chi connectivity index (χ1v) is 10.3. The third kappa shape index (κ3) is 5.90. The molecule has 158 valence electrons. The number of carbonyl (C=O) groups excluding carboxylic acids is 1. The van der Waals surface area contributed by atoms with Gasteiger partial charge in [-0.3, -0.25) is 4.79 Å². The molecule has 0 atom stereocenters. The van der Waals surface area contributed by atoms with E-state index in [2.05, 4.69) is 15.0 Å². The number of amides is 1. The highest BCUT2D eigenvalue weighted by Crippen LogP contribution is 2.31. The van der Waals surface area contributed by atoms with Crippen LogP contribution in [0.4, 0.5) is 8.78 Å². The average Bonchev–Trinajstić information content (AvgIpc) is 3.16. The van der Waals surface area contributed by atoms with Gasteiger partial charge in [0.05, 0.1) is 24.2 Å². The predicted octanol–water partition coefficient (Wildman–Crippen LogP) is 4.97. The van der Waals surface area contributed by atoms with Crippen LogP contribution in [0.1, 0.15) is 11.3 Å². The minimum absolute atomic E-state index is 0.0362. The number of rotatable bonds is 9. The summed E-state index contributed by atoms with van der Waals surface area (Å²) in [7, 11) is 1.38. The summed E-state index contributed by atoms with van der Waals surface area (Å²) in [6.07, 6.45) is 0.598. The van der Waals surface area contributed by atoms with Gasteiger partial charge in [0.2, 0.25) is 5.91 Å². The van der Waals surface area contributed by atoms with Crippen molar-refractivity contribution < 1.29 is 23.0 Å². The Kier molecular flexibility index (Phi) is 7.59. The molecule has 0 saturated carbocycles. The second-order valence-electron chi connectivity index (χ2n) is 6.26. The highest BCUT2D eigenvalue weighted by atomic mass is 35.5. The van der Waals surface area contributed by atoms with Crippen LogP contribution in [-0.4, -0.2) is 31.2 Å².